The molecule has 0 fully saturated rings. The third kappa shape index (κ3) is 4.50. The van der Waals surface area contributed by atoms with E-state index in [1.165, 1.54) is 5.56 Å². The maximum absolute atomic E-state index is 11.6. The van der Waals surface area contributed by atoms with Crippen molar-refractivity contribution in [3.8, 4) is 0 Å². The van der Waals surface area contributed by atoms with Crippen LogP contribution in [0.5, 0.6) is 0 Å². The van der Waals surface area contributed by atoms with E-state index in [1.807, 2.05) is 31.2 Å². The van der Waals surface area contributed by atoms with Gasteiger partial charge in [-0.05, 0) is 36.8 Å². The summed E-state index contributed by atoms with van der Waals surface area (Å²) in [6, 6.07) is 11.7. The minimum Gasteiger partial charge on any atom is -0.467 e. The maximum atomic E-state index is 11.6. The normalized spacial score (nSPS) is 10.2. The van der Waals surface area contributed by atoms with Gasteiger partial charge in [0.05, 0.1) is 12.8 Å². The van der Waals surface area contributed by atoms with Crippen molar-refractivity contribution in [2.75, 3.05) is 11.9 Å². The number of carbonyl (C=O) groups is 1. The Morgan fingerprint density at radius 2 is 2.16 bits per heavy atom. The molecular weight excluding hydrogens is 240 g/mol. The van der Waals surface area contributed by atoms with Crippen molar-refractivity contribution in [2.24, 2.45) is 0 Å². The monoisotopic (exact) mass is 258 g/mol. The molecule has 0 aliphatic rings. The summed E-state index contributed by atoms with van der Waals surface area (Å²) < 4.78 is 5.14. The van der Waals surface area contributed by atoms with Gasteiger partial charge in [0.1, 0.15) is 5.76 Å². The minimum absolute atomic E-state index is 0.0107. The molecule has 0 atom stereocenters. The first-order valence-corrected chi connectivity index (χ1v) is 6.33. The molecule has 1 aromatic heterocycles. The molecule has 2 aromatic rings. The molecule has 0 aliphatic heterocycles. The Bertz CT molecular complexity index is 521. The Morgan fingerprint density at radius 1 is 1.26 bits per heavy atom. The lowest BCUT2D eigenvalue weighted by molar-refractivity contribution is -0.121. The van der Waals surface area contributed by atoms with Gasteiger partial charge in [0, 0.05) is 18.7 Å². The summed E-state index contributed by atoms with van der Waals surface area (Å²) in [5.74, 6) is 0.775. The van der Waals surface area contributed by atoms with Crippen LogP contribution < -0.4 is 10.6 Å². The van der Waals surface area contributed by atoms with Gasteiger partial charge in [-0.25, -0.2) is 0 Å². The van der Waals surface area contributed by atoms with Crippen LogP contribution in [0, 0.1) is 6.92 Å². The number of carbonyl (C=O) groups excluding carboxylic acids is 1. The number of amides is 1. The quantitative estimate of drug-likeness (QED) is 0.837. The average Bonchev–Trinajstić information content (AvgIpc) is 2.89. The van der Waals surface area contributed by atoms with E-state index < -0.39 is 0 Å². The molecule has 100 valence electrons. The molecule has 0 saturated carbocycles. The number of hydrogen-bond acceptors (Lipinski definition) is 3. The lowest BCUT2D eigenvalue weighted by atomic mass is 10.2. The van der Waals surface area contributed by atoms with Crippen LogP contribution in [0.25, 0.3) is 0 Å². The van der Waals surface area contributed by atoms with Crippen LogP contribution in [-0.4, -0.2) is 12.5 Å². The Balaban J connectivity index is 1.66. The summed E-state index contributed by atoms with van der Waals surface area (Å²) in [6.45, 7) is 3.10. The molecule has 0 radical (unpaired) electrons. The fourth-order valence-corrected chi connectivity index (χ4v) is 1.76. The van der Waals surface area contributed by atoms with Gasteiger partial charge in [0.25, 0.3) is 0 Å². The second kappa shape index (κ2) is 6.64. The number of nitrogens with one attached hydrogen (secondary N) is 2. The van der Waals surface area contributed by atoms with E-state index in [0.29, 0.717) is 19.5 Å². The van der Waals surface area contributed by atoms with Crippen molar-refractivity contribution < 1.29 is 9.21 Å². The van der Waals surface area contributed by atoms with E-state index in [-0.39, 0.29) is 5.91 Å². The highest BCUT2D eigenvalue weighted by molar-refractivity contribution is 5.76. The first kappa shape index (κ1) is 13.2. The van der Waals surface area contributed by atoms with Gasteiger partial charge in [-0.2, -0.15) is 0 Å². The molecule has 0 saturated heterocycles. The molecule has 0 spiro atoms. The Labute approximate surface area is 112 Å². The third-order valence-electron chi connectivity index (χ3n) is 2.74. The minimum atomic E-state index is 0.0107. The van der Waals surface area contributed by atoms with Crippen molar-refractivity contribution in [3.63, 3.8) is 0 Å². The summed E-state index contributed by atoms with van der Waals surface area (Å²) in [5, 5.41) is 6.04. The zero-order valence-corrected chi connectivity index (χ0v) is 11.0. The van der Waals surface area contributed by atoms with Crippen molar-refractivity contribution in [3.05, 3.63) is 54.0 Å². The number of benzene rings is 1. The Kier molecular flexibility index (Phi) is 4.61. The fraction of sp³-hybridized carbons (Fsp3) is 0.267. The molecule has 2 N–H and O–H groups in total. The van der Waals surface area contributed by atoms with Crippen LogP contribution in [0.2, 0.25) is 0 Å². The first-order valence-electron chi connectivity index (χ1n) is 6.33. The summed E-state index contributed by atoms with van der Waals surface area (Å²) >= 11 is 0. The van der Waals surface area contributed by atoms with Gasteiger partial charge >= 0.3 is 0 Å². The van der Waals surface area contributed by atoms with Crippen LogP contribution in [0.1, 0.15) is 17.7 Å². The molecule has 4 heteroatoms. The number of furan rings is 1. The predicted molar refractivity (Wildman–Crippen MR) is 74.8 cm³/mol. The lowest BCUT2D eigenvalue weighted by Crippen LogP contribution is -2.24. The molecule has 1 heterocycles. The average molecular weight is 258 g/mol. The van der Waals surface area contributed by atoms with Gasteiger partial charge in [0.15, 0.2) is 0 Å². The van der Waals surface area contributed by atoms with Crippen molar-refractivity contribution in [2.45, 2.75) is 19.9 Å². The molecule has 4 nitrogen and oxygen atoms in total. The summed E-state index contributed by atoms with van der Waals surface area (Å²) in [6.07, 6.45) is 2.04. The van der Waals surface area contributed by atoms with E-state index in [2.05, 4.69) is 16.7 Å². The van der Waals surface area contributed by atoms with Crippen LogP contribution in [0.15, 0.2) is 47.1 Å². The standard InChI is InChI=1S/C15H18N2O2/c1-12-4-2-5-13(10-12)16-8-7-15(18)17-11-14-6-3-9-19-14/h2-6,9-10,16H,7-8,11H2,1H3,(H,17,18). The summed E-state index contributed by atoms with van der Waals surface area (Å²) in [5.41, 5.74) is 2.24. The molecule has 19 heavy (non-hydrogen) atoms. The van der Waals surface area contributed by atoms with Gasteiger partial charge in [-0.15, -0.1) is 0 Å². The molecule has 0 bridgehead atoms. The largest absolute Gasteiger partial charge is 0.467 e. The zero-order valence-electron chi connectivity index (χ0n) is 11.0. The fourth-order valence-electron chi connectivity index (χ4n) is 1.76. The highest BCUT2D eigenvalue weighted by Crippen LogP contribution is 2.09. The van der Waals surface area contributed by atoms with Crippen LogP contribution in [0.3, 0.4) is 0 Å². The second-order valence-electron chi connectivity index (χ2n) is 4.40. The lowest BCUT2D eigenvalue weighted by Gasteiger charge is -2.07. The zero-order chi connectivity index (χ0) is 13.5. The van der Waals surface area contributed by atoms with E-state index in [1.54, 1.807) is 12.3 Å². The summed E-state index contributed by atoms with van der Waals surface area (Å²) in [7, 11) is 0. The van der Waals surface area contributed by atoms with Gasteiger partial charge in [-0.1, -0.05) is 12.1 Å². The van der Waals surface area contributed by atoms with E-state index in [4.69, 9.17) is 4.42 Å². The molecule has 1 amide bonds. The number of anilines is 1. The van der Waals surface area contributed by atoms with Crippen molar-refractivity contribution in [1.82, 2.24) is 5.32 Å². The van der Waals surface area contributed by atoms with Crippen molar-refractivity contribution >= 4 is 11.6 Å². The molecular formula is C15H18N2O2. The Morgan fingerprint density at radius 3 is 2.89 bits per heavy atom. The Hall–Kier alpha value is -2.23. The molecule has 0 aliphatic carbocycles. The van der Waals surface area contributed by atoms with Crippen LogP contribution in [-0.2, 0) is 11.3 Å². The topological polar surface area (TPSA) is 54.3 Å². The van der Waals surface area contributed by atoms with E-state index in [9.17, 15) is 4.79 Å². The highest BCUT2D eigenvalue weighted by Gasteiger charge is 2.02. The molecule has 0 unspecified atom stereocenters. The van der Waals surface area contributed by atoms with Gasteiger partial charge in [0.2, 0.25) is 5.91 Å². The van der Waals surface area contributed by atoms with Crippen LogP contribution in [0.4, 0.5) is 5.69 Å². The smallest absolute Gasteiger partial charge is 0.222 e. The maximum Gasteiger partial charge on any atom is 0.222 e. The molecule has 2 rings (SSSR count). The predicted octanol–water partition coefficient (Wildman–Crippen LogP) is 2.71. The van der Waals surface area contributed by atoms with Gasteiger partial charge in [-0.3, -0.25) is 4.79 Å². The first-order chi connectivity index (χ1) is 9.24. The third-order valence-corrected chi connectivity index (χ3v) is 2.74. The summed E-state index contributed by atoms with van der Waals surface area (Å²) in [4.78, 5) is 11.6. The number of hydrogen-bond donors (Lipinski definition) is 2. The number of rotatable bonds is 6. The van der Waals surface area contributed by atoms with E-state index in [0.717, 1.165) is 11.4 Å². The van der Waals surface area contributed by atoms with E-state index >= 15 is 0 Å². The van der Waals surface area contributed by atoms with Crippen LogP contribution >= 0.6 is 0 Å². The molecule has 1 aromatic carbocycles. The second-order valence-corrected chi connectivity index (χ2v) is 4.40. The van der Waals surface area contributed by atoms with Crippen molar-refractivity contribution in [1.29, 1.82) is 0 Å². The number of aryl methyl sites for hydroxylation is 1. The SMILES string of the molecule is Cc1cccc(NCCC(=O)NCc2ccco2)c1. The highest BCUT2D eigenvalue weighted by atomic mass is 16.3. The van der Waals surface area contributed by atoms with Gasteiger partial charge < -0.3 is 15.1 Å².